The average Bonchev–Trinajstić information content (AvgIpc) is 3.94. The molecule has 8 aromatic rings. The molecule has 4 N–H and O–H groups in total. The molecule has 0 unspecified atom stereocenters. The van der Waals surface area contributed by atoms with Crippen LogP contribution in [0, 0.1) is 37.1 Å². The van der Waals surface area contributed by atoms with Crippen LogP contribution >= 0.6 is 0 Å². The van der Waals surface area contributed by atoms with Crippen molar-refractivity contribution in [3.63, 3.8) is 0 Å². The first kappa shape index (κ1) is 51.5. The van der Waals surface area contributed by atoms with E-state index in [1.807, 2.05) is 6.92 Å². The highest BCUT2D eigenvalue weighted by molar-refractivity contribution is 5.96. The smallest absolute Gasteiger partial charge is 0.390 e. The van der Waals surface area contributed by atoms with Crippen LogP contribution < -0.4 is 25.4 Å². The van der Waals surface area contributed by atoms with Gasteiger partial charge in [-0.25, -0.2) is 23.5 Å². The van der Waals surface area contributed by atoms with Gasteiger partial charge in [-0.1, -0.05) is 24.3 Å². The Labute approximate surface area is 402 Å². The van der Waals surface area contributed by atoms with Gasteiger partial charge in [0.15, 0.2) is 34.4 Å². The number of amides is 1. The number of alkyl halides is 6. The first-order valence-corrected chi connectivity index (χ1v) is 21.7. The number of carbonyl (C=O) groups excluding carboxylic acids is 1. The summed E-state index contributed by atoms with van der Waals surface area (Å²) in [4.78, 5) is 32.3. The van der Waals surface area contributed by atoms with Gasteiger partial charge >= 0.3 is 18.3 Å². The maximum absolute atomic E-state index is 14.2. The zero-order valence-electron chi connectivity index (χ0n) is 38.1. The Bertz CT molecular complexity index is 3300. The van der Waals surface area contributed by atoms with E-state index in [2.05, 4.69) is 25.9 Å². The van der Waals surface area contributed by atoms with Gasteiger partial charge in [-0.15, -0.1) is 0 Å². The summed E-state index contributed by atoms with van der Waals surface area (Å²) in [6, 6.07) is 19.3. The Morgan fingerprint density at radius 1 is 0.625 bits per heavy atom. The van der Waals surface area contributed by atoms with Crippen molar-refractivity contribution >= 4 is 34.5 Å². The van der Waals surface area contributed by atoms with Crippen LogP contribution in [0.5, 0.6) is 23.0 Å². The Hall–Kier alpha value is -8.30. The van der Waals surface area contributed by atoms with E-state index in [4.69, 9.17) is 9.47 Å². The minimum atomic E-state index is -4.38. The van der Waals surface area contributed by atoms with Crippen LogP contribution in [-0.4, -0.2) is 67.7 Å². The summed E-state index contributed by atoms with van der Waals surface area (Å²) in [7, 11) is 0. The number of ether oxygens (including phenoxy) is 2. The van der Waals surface area contributed by atoms with Gasteiger partial charge in [-0.05, 0) is 80.4 Å². The standard InChI is InChI=1S/C26H23F5N4O2.C24H18F5N3O3/c1-3-32-25(36)18-8-7-16(11-15(18)2)21-13-34-24-20(33-10-9-26(29,30)31)12-17(14-35(21)24)37-22-6-4-5-19(27)23(22)28;1-13-9-14(5-6-16(13)23(33)34)19-11-31-22-18(30-8-7-24(27,28)29)10-15(12-32(19)22)35-20-4-2-3-17(25)21(20)26/h4-8,11-14,33H,3,9-10H2,1-2H3,(H,32,36);2-6,9-12,30H,7-8H2,1H3,(H,33,34). The summed E-state index contributed by atoms with van der Waals surface area (Å²) >= 11 is 0. The molecule has 1 amide bonds. The van der Waals surface area contributed by atoms with Crippen LogP contribution in [0.25, 0.3) is 33.8 Å². The Morgan fingerprint density at radius 3 is 1.44 bits per heavy atom. The topological polar surface area (TPSA) is 144 Å². The van der Waals surface area contributed by atoms with Gasteiger partial charge in [-0.3, -0.25) is 13.6 Å². The summed E-state index contributed by atoms with van der Waals surface area (Å²) in [5, 5.41) is 17.4. The molecule has 22 heteroatoms. The van der Waals surface area contributed by atoms with Crippen molar-refractivity contribution in [2.45, 2.75) is 46.0 Å². The van der Waals surface area contributed by atoms with E-state index in [-0.39, 0.29) is 45.7 Å². The van der Waals surface area contributed by atoms with Crippen LogP contribution in [-0.2, 0) is 0 Å². The number of imidazole rings is 2. The fourth-order valence-corrected chi connectivity index (χ4v) is 7.38. The first-order chi connectivity index (χ1) is 34.1. The molecule has 0 saturated carbocycles. The molecule has 72 heavy (non-hydrogen) atoms. The second-order valence-electron chi connectivity index (χ2n) is 16.0. The number of nitrogens with one attached hydrogen (secondary N) is 3. The molecule has 0 atom stereocenters. The number of carboxylic acid groups (broad SMARTS) is 1. The summed E-state index contributed by atoms with van der Waals surface area (Å²) in [5.74, 6) is -6.68. The number of carboxylic acids is 1. The lowest BCUT2D eigenvalue weighted by Crippen LogP contribution is -2.23. The zero-order chi connectivity index (χ0) is 52.1. The molecule has 376 valence electrons. The van der Waals surface area contributed by atoms with E-state index >= 15 is 0 Å². The third-order valence-electron chi connectivity index (χ3n) is 10.8. The van der Waals surface area contributed by atoms with Gasteiger partial charge in [0.05, 0.1) is 66.0 Å². The lowest BCUT2D eigenvalue weighted by Gasteiger charge is -2.14. The molecule has 0 bridgehead atoms. The fourth-order valence-electron chi connectivity index (χ4n) is 7.38. The monoisotopic (exact) mass is 1010 g/mol. The summed E-state index contributed by atoms with van der Waals surface area (Å²) in [6.45, 7) is 4.82. The number of benzene rings is 4. The largest absolute Gasteiger partial charge is 0.478 e. The number of hydrogen-bond acceptors (Lipinski definition) is 8. The number of hydrogen-bond donors (Lipinski definition) is 4. The van der Waals surface area contributed by atoms with E-state index in [0.717, 1.165) is 12.1 Å². The number of carbonyl (C=O) groups is 2. The maximum atomic E-state index is 14.2. The number of fused-ring (bicyclic) bond motifs is 2. The van der Waals surface area contributed by atoms with E-state index < -0.39 is 73.3 Å². The zero-order valence-corrected chi connectivity index (χ0v) is 38.1. The highest BCUT2D eigenvalue weighted by atomic mass is 19.4. The van der Waals surface area contributed by atoms with Gasteiger partial charge in [-0.2, -0.15) is 35.1 Å². The number of aromatic nitrogens is 4. The van der Waals surface area contributed by atoms with Crippen molar-refractivity contribution in [1.29, 1.82) is 0 Å². The van der Waals surface area contributed by atoms with E-state index in [1.54, 1.807) is 48.6 Å². The fraction of sp³-hybridized carbons (Fsp3) is 0.200. The van der Waals surface area contributed by atoms with Crippen molar-refractivity contribution in [2.75, 3.05) is 30.3 Å². The van der Waals surface area contributed by atoms with Gasteiger partial charge in [0, 0.05) is 48.5 Å². The number of rotatable bonds is 15. The Balaban J connectivity index is 0.000000212. The minimum Gasteiger partial charge on any atom is -0.478 e. The molecular weight excluding hydrogens is 969 g/mol. The van der Waals surface area contributed by atoms with Gasteiger partial charge < -0.3 is 30.5 Å². The molecule has 0 saturated heterocycles. The molecule has 12 nitrogen and oxygen atoms in total. The number of halogens is 10. The van der Waals surface area contributed by atoms with Crippen molar-refractivity contribution < 1.29 is 68.1 Å². The second kappa shape index (κ2) is 21.4. The van der Waals surface area contributed by atoms with Gasteiger partial charge in [0.1, 0.15) is 11.5 Å². The highest BCUT2D eigenvalue weighted by Crippen LogP contribution is 2.36. The SMILES string of the molecule is CCNC(=O)c1ccc(-c2cnc3c(NCCC(F)(F)F)cc(Oc4cccc(F)c4F)cn23)cc1C.Cc1cc(-c2cnc3c(NCCC(F)(F)F)cc(Oc4cccc(F)c4F)cn23)ccc1C(=O)O. The number of nitrogens with zero attached hydrogens (tertiary/aromatic N) is 4. The summed E-state index contributed by atoms with van der Waals surface area (Å²) in [5.41, 5.74) is 5.02. The number of anilines is 2. The molecule has 4 aromatic heterocycles. The van der Waals surface area contributed by atoms with Crippen molar-refractivity contribution in [3.05, 3.63) is 155 Å². The molecule has 4 aromatic carbocycles. The molecule has 0 radical (unpaired) electrons. The van der Waals surface area contributed by atoms with Gasteiger partial charge in [0.2, 0.25) is 11.6 Å². The Morgan fingerprint density at radius 2 is 1.06 bits per heavy atom. The normalized spacial score (nSPS) is 11.6. The van der Waals surface area contributed by atoms with E-state index in [0.29, 0.717) is 51.4 Å². The maximum Gasteiger partial charge on any atom is 0.390 e. The lowest BCUT2D eigenvalue weighted by molar-refractivity contribution is -0.132. The first-order valence-electron chi connectivity index (χ1n) is 21.7. The lowest BCUT2D eigenvalue weighted by atomic mass is 10.0. The average molecular weight is 1010 g/mol. The molecule has 0 aliphatic carbocycles. The molecule has 4 heterocycles. The molecule has 0 aliphatic heterocycles. The molecule has 8 rings (SSSR count). The van der Waals surface area contributed by atoms with E-state index in [9.17, 15) is 58.6 Å². The van der Waals surface area contributed by atoms with Crippen molar-refractivity contribution in [3.8, 4) is 45.5 Å². The quantitative estimate of drug-likeness (QED) is 0.0738. The third kappa shape index (κ3) is 12.2. The predicted octanol–water partition coefficient (Wildman–Crippen LogP) is 12.9. The molecule has 0 fully saturated rings. The molecule has 0 spiro atoms. The van der Waals surface area contributed by atoms with Crippen LogP contribution in [0.2, 0.25) is 0 Å². The number of aromatic carboxylic acids is 1. The molecule has 0 aliphatic rings. The van der Waals surface area contributed by atoms with Crippen LogP contribution in [0.3, 0.4) is 0 Å². The number of pyridine rings is 2. The molecular formula is C50H41F10N7O5. The number of aryl methyl sites for hydroxylation is 2. The highest BCUT2D eigenvalue weighted by Gasteiger charge is 2.28. The Kier molecular flexibility index (Phi) is 15.3. The predicted molar refractivity (Wildman–Crippen MR) is 247 cm³/mol. The summed E-state index contributed by atoms with van der Waals surface area (Å²) < 4.78 is 146. The van der Waals surface area contributed by atoms with Crippen LogP contribution in [0.4, 0.5) is 55.3 Å². The van der Waals surface area contributed by atoms with Crippen molar-refractivity contribution in [1.82, 2.24) is 24.1 Å². The van der Waals surface area contributed by atoms with Gasteiger partial charge in [0.25, 0.3) is 5.91 Å². The summed E-state index contributed by atoms with van der Waals surface area (Å²) in [6.07, 6.45) is -5.05. The second-order valence-corrected chi connectivity index (χ2v) is 16.0. The third-order valence-corrected chi connectivity index (χ3v) is 10.8. The van der Waals surface area contributed by atoms with Crippen molar-refractivity contribution in [2.24, 2.45) is 0 Å². The van der Waals surface area contributed by atoms with Crippen LogP contribution in [0.1, 0.15) is 51.6 Å². The van der Waals surface area contributed by atoms with E-state index in [1.165, 1.54) is 71.7 Å². The van der Waals surface area contributed by atoms with Crippen LogP contribution in [0.15, 0.2) is 110 Å². The minimum absolute atomic E-state index is 0.00892.